The van der Waals surface area contributed by atoms with E-state index in [1.54, 1.807) is 18.2 Å². The number of ether oxygens (including phenoxy) is 1. The van der Waals surface area contributed by atoms with Gasteiger partial charge in [0.25, 0.3) is 0 Å². The molecule has 3 rings (SSSR count). The van der Waals surface area contributed by atoms with Gasteiger partial charge in [-0.3, -0.25) is 0 Å². The number of nitrogens with zero attached hydrogens (tertiary/aromatic N) is 4. The van der Waals surface area contributed by atoms with Gasteiger partial charge in [0.05, 0.1) is 5.57 Å². The molecular weight excluding hydrogens is 314 g/mol. The van der Waals surface area contributed by atoms with Crippen molar-refractivity contribution in [3.63, 3.8) is 0 Å². The van der Waals surface area contributed by atoms with Gasteiger partial charge in [-0.05, 0) is 25.0 Å². The summed E-state index contributed by atoms with van der Waals surface area (Å²) in [4.78, 5) is 0. The molecular formula is C17H16F2N4O. The standard InChI is InChI=1S/C17H16F2N4O/c18-17(19)24-14-7-4-3-6-12(14)10-13(11-20)16-22-21-15-8-2-1-5-9-23(15)16/h3-4,6-7,10,17H,1-2,5,8-9H2/b13-10-. The zero-order valence-electron chi connectivity index (χ0n) is 13.0. The Morgan fingerprint density at radius 1 is 1.25 bits per heavy atom. The zero-order valence-corrected chi connectivity index (χ0v) is 13.0. The maximum Gasteiger partial charge on any atom is 0.387 e. The Bertz CT molecular complexity index is 792. The van der Waals surface area contributed by atoms with E-state index in [1.165, 1.54) is 12.1 Å². The lowest BCUT2D eigenvalue weighted by Crippen LogP contribution is -2.05. The molecule has 2 heterocycles. The molecule has 124 valence electrons. The van der Waals surface area contributed by atoms with Crippen molar-refractivity contribution in [1.82, 2.24) is 14.8 Å². The van der Waals surface area contributed by atoms with Gasteiger partial charge in [0.15, 0.2) is 5.82 Å². The highest BCUT2D eigenvalue weighted by molar-refractivity contribution is 5.88. The molecule has 0 aliphatic carbocycles. The third kappa shape index (κ3) is 3.43. The second kappa shape index (κ2) is 7.21. The third-order valence-corrected chi connectivity index (χ3v) is 3.91. The van der Waals surface area contributed by atoms with Crippen LogP contribution in [0.4, 0.5) is 8.78 Å². The summed E-state index contributed by atoms with van der Waals surface area (Å²) in [5, 5.41) is 17.8. The van der Waals surface area contributed by atoms with Crippen LogP contribution in [0.25, 0.3) is 11.6 Å². The second-order valence-corrected chi connectivity index (χ2v) is 5.49. The van der Waals surface area contributed by atoms with Crippen molar-refractivity contribution in [1.29, 1.82) is 5.26 Å². The lowest BCUT2D eigenvalue weighted by Gasteiger charge is -2.09. The fourth-order valence-electron chi connectivity index (χ4n) is 2.79. The molecule has 5 nitrogen and oxygen atoms in total. The Labute approximate surface area is 138 Å². The highest BCUT2D eigenvalue weighted by Gasteiger charge is 2.18. The van der Waals surface area contributed by atoms with Gasteiger partial charge in [-0.1, -0.05) is 24.6 Å². The number of rotatable bonds is 4. The van der Waals surface area contributed by atoms with Crippen molar-refractivity contribution in [2.45, 2.75) is 38.8 Å². The van der Waals surface area contributed by atoms with E-state index in [1.807, 2.05) is 4.57 Å². The van der Waals surface area contributed by atoms with E-state index in [-0.39, 0.29) is 11.3 Å². The molecule has 1 aliphatic rings. The first-order valence-corrected chi connectivity index (χ1v) is 7.77. The molecule has 0 unspecified atom stereocenters. The minimum Gasteiger partial charge on any atom is -0.434 e. The molecule has 7 heteroatoms. The van der Waals surface area contributed by atoms with Gasteiger partial charge in [0, 0.05) is 18.5 Å². The number of nitriles is 1. The molecule has 0 bridgehead atoms. The summed E-state index contributed by atoms with van der Waals surface area (Å²) in [5.41, 5.74) is 0.682. The van der Waals surface area contributed by atoms with Crippen molar-refractivity contribution >= 4 is 11.6 Å². The number of hydrogen-bond acceptors (Lipinski definition) is 4. The second-order valence-electron chi connectivity index (χ2n) is 5.49. The number of aromatic nitrogens is 3. The van der Waals surface area contributed by atoms with Crippen molar-refractivity contribution in [3.8, 4) is 11.8 Å². The number of fused-ring (bicyclic) bond motifs is 1. The highest BCUT2D eigenvalue weighted by atomic mass is 19.3. The van der Waals surface area contributed by atoms with Gasteiger partial charge >= 0.3 is 6.61 Å². The first-order chi connectivity index (χ1) is 11.7. The average Bonchev–Trinajstić information content (AvgIpc) is 2.82. The first kappa shape index (κ1) is 16.1. The molecule has 0 fully saturated rings. The number of hydrogen-bond donors (Lipinski definition) is 0. The van der Waals surface area contributed by atoms with Crippen LogP contribution in [0.15, 0.2) is 24.3 Å². The smallest absolute Gasteiger partial charge is 0.387 e. The molecule has 2 aromatic rings. The van der Waals surface area contributed by atoms with Crippen molar-refractivity contribution in [3.05, 3.63) is 41.5 Å². The summed E-state index contributed by atoms with van der Waals surface area (Å²) in [7, 11) is 0. The normalized spacial score (nSPS) is 14.8. The number of aryl methyl sites for hydroxylation is 1. The monoisotopic (exact) mass is 330 g/mol. The Morgan fingerprint density at radius 2 is 2.08 bits per heavy atom. The average molecular weight is 330 g/mol. The van der Waals surface area contributed by atoms with E-state index < -0.39 is 6.61 Å². The van der Waals surface area contributed by atoms with E-state index in [0.29, 0.717) is 11.4 Å². The summed E-state index contributed by atoms with van der Waals surface area (Å²) < 4.78 is 31.5. The zero-order chi connectivity index (χ0) is 16.9. The van der Waals surface area contributed by atoms with Crippen LogP contribution >= 0.6 is 0 Å². The molecule has 1 aliphatic heterocycles. The van der Waals surface area contributed by atoms with Gasteiger partial charge in [0.1, 0.15) is 17.6 Å². The molecule has 0 N–H and O–H groups in total. The van der Waals surface area contributed by atoms with Crippen LogP contribution in [0.5, 0.6) is 5.75 Å². The Hall–Kier alpha value is -2.75. The minimum absolute atomic E-state index is 0.0239. The van der Waals surface area contributed by atoms with Crippen LogP contribution in [0, 0.1) is 11.3 Å². The van der Waals surface area contributed by atoms with Gasteiger partial charge in [-0.2, -0.15) is 14.0 Å². The minimum atomic E-state index is -2.92. The van der Waals surface area contributed by atoms with Crippen LogP contribution in [0.2, 0.25) is 0 Å². The summed E-state index contributed by atoms with van der Waals surface area (Å²) in [6, 6.07) is 8.46. The summed E-state index contributed by atoms with van der Waals surface area (Å²) in [6.45, 7) is -2.17. The Kier molecular flexibility index (Phi) is 4.85. The molecule has 0 amide bonds. The molecule has 24 heavy (non-hydrogen) atoms. The molecule has 1 aromatic carbocycles. The highest BCUT2D eigenvalue weighted by Crippen LogP contribution is 2.26. The fraction of sp³-hybridized carbons (Fsp3) is 0.353. The lowest BCUT2D eigenvalue weighted by atomic mass is 10.1. The number of allylic oxidation sites excluding steroid dienone is 1. The van der Waals surface area contributed by atoms with E-state index >= 15 is 0 Å². The summed E-state index contributed by atoms with van der Waals surface area (Å²) in [6.07, 6.45) is 5.51. The van der Waals surface area contributed by atoms with Gasteiger partial charge < -0.3 is 9.30 Å². The fourth-order valence-corrected chi connectivity index (χ4v) is 2.79. The number of halogens is 2. The van der Waals surface area contributed by atoms with Crippen molar-refractivity contribution in [2.24, 2.45) is 0 Å². The van der Waals surface area contributed by atoms with Crippen LogP contribution in [0.3, 0.4) is 0 Å². The predicted octanol–water partition coefficient (Wildman–Crippen LogP) is 3.67. The molecule has 0 saturated heterocycles. The first-order valence-electron chi connectivity index (χ1n) is 7.77. The van der Waals surface area contributed by atoms with E-state index in [0.717, 1.165) is 38.1 Å². The van der Waals surface area contributed by atoms with Crippen molar-refractivity contribution < 1.29 is 13.5 Å². The molecule has 0 atom stereocenters. The summed E-state index contributed by atoms with van der Waals surface area (Å²) >= 11 is 0. The van der Waals surface area contributed by atoms with Gasteiger partial charge in [-0.15, -0.1) is 10.2 Å². The van der Waals surface area contributed by atoms with Gasteiger partial charge in [-0.25, -0.2) is 0 Å². The SMILES string of the molecule is N#C/C(=C/c1ccccc1OC(F)F)c1nnc2n1CCCCC2. The van der Waals surface area contributed by atoms with Crippen molar-refractivity contribution in [2.75, 3.05) is 0 Å². The topological polar surface area (TPSA) is 63.7 Å². The molecule has 0 radical (unpaired) electrons. The van der Waals surface area contributed by atoms with E-state index in [2.05, 4.69) is 21.0 Å². The maximum atomic E-state index is 12.5. The van der Waals surface area contributed by atoms with Crippen LogP contribution in [-0.2, 0) is 13.0 Å². The summed E-state index contributed by atoms with van der Waals surface area (Å²) in [5.74, 6) is 1.36. The lowest BCUT2D eigenvalue weighted by molar-refractivity contribution is -0.0499. The van der Waals surface area contributed by atoms with Crippen LogP contribution < -0.4 is 4.74 Å². The van der Waals surface area contributed by atoms with Crippen LogP contribution in [-0.4, -0.2) is 21.4 Å². The van der Waals surface area contributed by atoms with E-state index in [4.69, 9.17) is 0 Å². The quantitative estimate of drug-likeness (QED) is 0.802. The number of alkyl halides is 2. The third-order valence-electron chi connectivity index (χ3n) is 3.91. The molecule has 0 saturated carbocycles. The van der Waals surface area contributed by atoms with Crippen LogP contribution in [0.1, 0.15) is 36.5 Å². The van der Waals surface area contributed by atoms with E-state index in [9.17, 15) is 14.0 Å². The molecule has 0 spiro atoms. The number of para-hydroxylation sites is 1. The number of benzene rings is 1. The molecule has 1 aromatic heterocycles. The maximum absolute atomic E-state index is 12.5. The van der Waals surface area contributed by atoms with Gasteiger partial charge in [0.2, 0.25) is 0 Å². The Balaban J connectivity index is 2.00. The Morgan fingerprint density at radius 3 is 2.88 bits per heavy atom. The predicted molar refractivity (Wildman–Crippen MR) is 84.1 cm³/mol. The largest absolute Gasteiger partial charge is 0.434 e.